The number of hydrogen-bond acceptors (Lipinski definition) is 4. The number of anilines is 1. The van der Waals surface area contributed by atoms with Gasteiger partial charge in [0.2, 0.25) is 0 Å². The zero-order chi connectivity index (χ0) is 15.4. The van der Waals surface area contributed by atoms with Crippen molar-refractivity contribution in [2.75, 3.05) is 5.01 Å². The van der Waals surface area contributed by atoms with Gasteiger partial charge in [-0.2, -0.15) is 0 Å². The number of hydrogen-bond donors (Lipinski definition) is 2. The van der Waals surface area contributed by atoms with Gasteiger partial charge in [0.1, 0.15) is 0 Å². The fourth-order valence-electron chi connectivity index (χ4n) is 1.94. The van der Waals surface area contributed by atoms with Crippen LogP contribution in [-0.2, 0) is 4.84 Å². The number of nitrogens with zero attached hydrogens (tertiary/aromatic N) is 1. The van der Waals surface area contributed by atoms with Gasteiger partial charge in [-0.1, -0.05) is 0 Å². The Labute approximate surface area is 128 Å². The fraction of sp³-hybridized carbons (Fsp3) is 0. The summed E-state index contributed by atoms with van der Waals surface area (Å²) in [7, 11) is 0. The summed E-state index contributed by atoms with van der Waals surface area (Å²) >= 11 is 0. The molecule has 22 heavy (non-hydrogen) atoms. The molecule has 0 aromatic heterocycles. The van der Waals surface area contributed by atoms with Gasteiger partial charge >= 0.3 is 123 Å². The maximum absolute atomic E-state index is 9.29. The minimum atomic E-state index is -0.207. The van der Waals surface area contributed by atoms with Crippen LogP contribution in [0.5, 0.6) is 0 Å². The van der Waals surface area contributed by atoms with Crippen molar-refractivity contribution in [2.45, 2.75) is 0 Å². The van der Waals surface area contributed by atoms with E-state index in [9.17, 15) is 5.11 Å². The zero-order valence-electron chi connectivity index (χ0n) is 11.5. The van der Waals surface area contributed by atoms with Gasteiger partial charge in [-0.25, -0.2) is 0 Å². The second-order valence-electron chi connectivity index (χ2n) is 4.50. The number of aliphatic hydroxyl groups is 1. The molecule has 2 N–H and O–H groups in total. The minimum absolute atomic E-state index is 0.207. The SMILES string of the molecule is [C+]#Cc1ccc(C#Cc2ccccc2N2C=C(O)ON2)cc1. The summed E-state index contributed by atoms with van der Waals surface area (Å²) < 4.78 is 0. The van der Waals surface area contributed by atoms with Crippen molar-refractivity contribution in [3.63, 3.8) is 0 Å². The Balaban J connectivity index is 1.90. The Morgan fingerprint density at radius 2 is 1.73 bits per heavy atom. The van der Waals surface area contributed by atoms with Gasteiger partial charge in [0.05, 0.1) is 0 Å². The molecule has 0 saturated heterocycles. The first-order chi connectivity index (χ1) is 10.8. The van der Waals surface area contributed by atoms with Crippen LogP contribution in [0.25, 0.3) is 0 Å². The van der Waals surface area contributed by atoms with Crippen LogP contribution >= 0.6 is 0 Å². The van der Waals surface area contributed by atoms with Crippen molar-refractivity contribution in [1.29, 1.82) is 0 Å². The second kappa shape index (κ2) is 6.11. The molecular weight excluding hydrogens is 276 g/mol. The van der Waals surface area contributed by atoms with Crippen LogP contribution in [0.2, 0.25) is 0 Å². The fourth-order valence-corrected chi connectivity index (χ4v) is 1.94. The number of hydrazine groups is 1. The predicted molar refractivity (Wildman–Crippen MR) is 82.5 cm³/mol. The van der Waals surface area contributed by atoms with Crippen LogP contribution in [0, 0.1) is 24.2 Å². The molecule has 4 heteroatoms. The average Bonchev–Trinajstić information content (AvgIpc) is 3.00. The third kappa shape index (κ3) is 2.97. The van der Waals surface area contributed by atoms with Crippen molar-refractivity contribution in [2.24, 2.45) is 0 Å². The molecule has 2 aromatic carbocycles. The molecule has 0 aliphatic carbocycles. The molecular formula is C18H11N2O2+. The molecule has 0 radical (unpaired) electrons. The normalized spacial score (nSPS) is 12.8. The molecule has 4 nitrogen and oxygen atoms in total. The van der Waals surface area contributed by atoms with Gasteiger partial charge in [-0.3, -0.25) is 0 Å². The maximum atomic E-state index is 9.29. The Morgan fingerprint density at radius 1 is 1.00 bits per heavy atom. The molecule has 1 aliphatic rings. The molecule has 1 heterocycles. The Morgan fingerprint density at radius 3 is 2.41 bits per heavy atom. The topological polar surface area (TPSA) is 44.7 Å². The molecule has 0 unspecified atom stereocenters. The van der Waals surface area contributed by atoms with Crippen LogP contribution in [0.4, 0.5) is 5.69 Å². The molecule has 0 amide bonds. The van der Waals surface area contributed by atoms with E-state index in [0.717, 1.165) is 16.8 Å². The average molecular weight is 287 g/mol. The van der Waals surface area contributed by atoms with E-state index >= 15 is 0 Å². The van der Waals surface area contributed by atoms with E-state index in [1.807, 2.05) is 36.4 Å². The molecule has 104 valence electrons. The van der Waals surface area contributed by atoms with Crippen molar-refractivity contribution in [1.82, 2.24) is 5.59 Å². The van der Waals surface area contributed by atoms with E-state index in [0.29, 0.717) is 5.56 Å². The number of nitrogens with one attached hydrogen (secondary N) is 1. The summed E-state index contributed by atoms with van der Waals surface area (Å²) in [6, 6.07) is 14.8. The molecule has 2 aromatic rings. The van der Waals surface area contributed by atoms with Gasteiger partial charge in [-0.15, -0.1) is 0 Å². The molecule has 0 atom stereocenters. The number of aliphatic hydroxyl groups excluding tert-OH is 1. The first-order valence-electron chi connectivity index (χ1n) is 6.52. The van der Waals surface area contributed by atoms with E-state index in [4.69, 9.17) is 11.3 Å². The summed E-state index contributed by atoms with van der Waals surface area (Å²) in [4.78, 5) is 4.78. The van der Waals surface area contributed by atoms with Gasteiger partial charge in [0, 0.05) is 0 Å². The number of benzene rings is 2. The van der Waals surface area contributed by atoms with E-state index in [-0.39, 0.29) is 5.95 Å². The Hall–Kier alpha value is -3.12. The second-order valence-corrected chi connectivity index (χ2v) is 4.50. The molecule has 0 bridgehead atoms. The summed E-state index contributed by atoms with van der Waals surface area (Å²) in [6.07, 6.45) is 8.48. The molecule has 3 rings (SSSR count). The zero-order valence-corrected chi connectivity index (χ0v) is 11.5. The van der Waals surface area contributed by atoms with Gasteiger partial charge in [0.25, 0.3) is 0 Å². The quantitative estimate of drug-likeness (QED) is 0.625. The van der Waals surface area contributed by atoms with Gasteiger partial charge in [-0.05, 0) is 0 Å². The van der Waals surface area contributed by atoms with Crippen LogP contribution in [0.3, 0.4) is 0 Å². The van der Waals surface area contributed by atoms with E-state index in [1.54, 1.807) is 17.1 Å². The Kier molecular flexibility index (Phi) is 3.84. The number of para-hydroxylation sites is 1. The van der Waals surface area contributed by atoms with E-state index in [1.165, 1.54) is 6.20 Å². The van der Waals surface area contributed by atoms with Crippen molar-refractivity contribution in [3.05, 3.63) is 83.8 Å². The monoisotopic (exact) mass is 287 g/mol. The third-order valence-electron chi connectivity index (χ3n) is 3.02. The first kappa shape index (κ1) is 13.8. The summed E-state index contributed by atoms with van der Waals surface area (Å²) in [5.74, 6) is 8.28. The van der Waals surface area contributed by atoms with Gasteiger partial charge in [0.15, 0.2) is 0 Å². The van der Waals surface area contributed by atoms with E-state index < -0.39 is 0 Å². The molecule has 1 aliphatic heterocycles. The summed E-state index contributed by atoms with van der Waals surface area (Å²) in [6.45, 7) is 0. The summed E-state index contributed by atoms with van der Waals surface area (Å²) in [5.41, 5.74) is 5.68. The van der Waals surface area contributed by atoms with Crippen molar-refractivity contribution >= 4 is 5.69 Å². The summed E-state index contributed by atoms with van der Waals surface area (Å²) in [5, 5.41) is 10.8. The Bertz CT molecular complexity index is 821. The first-order valence-corrected chi connectivity index (χ1v) is 6.52. The standard InChI is InChI=1S/C18H10N2O2/c1-2-14-7-9-15(10-8-14)11-12-16-5-3-4-6-17(16)20-13-18(21)22-19-20/h3-10,13,19H/p+1. The molecule has 0 fully saturated rings. The molecule has 0 saturated carbocycles. The molecule has 0 spiro atoms. The van der Waals surface area contributed by atoms with Crippen LogP contribution in [0.1, 0.15) is 16.7 Å². The predicted octanol–water partition coefficient (Wildman–Crippen LogP) is 2.64. The third-order valence-corrected chi connectivity index (χ3v) is 3.02. The van der Waals surface area contributed by atoms with Gasteiger partial charge < -0.3 is 5.11 Å². The number of rotatable bonds is 1. The van der Waals surface area contributed by atoms with E-state index in [2.05, 4.69) is 23.4 Å². The van der Waals surface area contributed by atoms with Crippen molar-refractivity contribution in [3.8, 4) is 17.8 Å². The van der Waals surface area contributed by atoms with Crippen molar-refractivity contribution < 1.29 is 9.94 Å². The van der Waals surface area contributed by atoms with Crippen LogP contribution < -0.4 is 10.6 Å². The van der Waals surface area contributed by atoms with Crippen LogP contribution in [0.15, 0.2) is 60.7 Å². The van der Waals surface area contributed by atoms with Crippen LogP contribution in [-0.4, -0.2) is 5.11 Å².